The minimum absolute atomic E-state index is 0. The molecule has 1 saturated carbocycles. The maximum absolute atomic E-state index is 12.9. The zero-order valence-electron chi connectivity index (χ0n) is 13.9. The highest BCUT2D eigenvalue weighted by molar-refractivity contribution is 5.85. The molecule has 1 heterocycles. The highest BCUT2D eigenvalue weighted by Crippen LogP contribution is 2.40. The minimum Gasteiger partial charge on any atom is -0.354 e. The number of nitrogens with one attached hydrogen (secondary N) is 2. The second-order valence-corrected chi connectivity index (χ2v) is 6.80. The Morgan fingerprint density at radius 2 is 2.00 bits per heavy atom. The molecule has 3 nitrogen and oxygen atoms in total. The highest BCUT2D eigenvalue weighted by atomic mass is 35.5. The molecule has 2 aliphatic rings. The Morgan fingerprint density at radius 3 is 2.76 bits per heavy atom. The summed E-state index contributed by atoms with van der Waals surface area (Å²) in [5.41, 5.74) is 2.44. The van der Waals surface area contributed by atoms with Crippen LogP contribution in [0.15, 0.2) is 24.3 Å². The van der Waals surface area contributed by atoms with E-state index in [9.17, 15) is 18.0 Å². The Kier molecular flexibility index (Phi) is 6.74. The van der Waals surface area contributed by atoms with Crippen molar-refractivity contribution < 1.29 is 18.0 Å². The third-order valence-electron chi connectivity index (χ3n) is 5.20. The van der Waals surface area contributed by atoms with Crippen molar-refractivity contribution in [2.24, 2.45) is 11.8 Å². The molecule has 3 rings (SSSR count). The van der Waals surface area contributed by atoms with Crippen LogP contribution in [-0.4, -0.2) is 25.2 Å². The number of halogens is 4. The lowest BCUT2D eigenvalue weighted by molar-refractivity contribution is -0.186. The maximum atomic E-state index is 12.9. The maximum Gasteiger partial charge on any atom is 0.391 e. The van der Waals surface area contributed by atoms with Gasteiger partial charge in [0.2, 0.25) is 5.91 Å². The molecule has 25 heavy (non-hydrogen) atoms. The van der Waals surface area contributed by atoms with Gasteiger partial charge in [-0.05, 0) is 43.4 Å². The molecule has 0 bridgehead atoms. The second kappa shape index (κ2) is 8.41. The van der Waals surface area contributed by atoms with E-state index >= 15 is 0 Å². The molecular formula is C18H24ClF3N2O. The Labute approximate surface area is 152 Å². The standard InChI is InChI=1S/C18H23F3N2O.ClH/c19-18(20,21)14-6-3-5-13(10-14)17(24)23-11-16-15-7-2-1-4-12(15)8-9-22-16;/h1-2,4,7,13-14,16,22H,3,5-6,8-11H2,(H,23,24);1H. The molecule has 1 amide bonds. The van der Waals surface area contributed by atoms with Gasteiger partial charge in [0.15, 0.2) is 0 Å². The quantitative estimate of drug-likeness (QED) is 0.843. The molecule has 7 heteroatoms. The van der Waals surface area contributed by atoms with Gasteiger partial charge < -0.3 is 10.6 Å². The van der Waals surface area contributed by atoms with Crippen molar-refractivity contribution in [2.75, 3.05) is 13.1 Å². The summed E-state index contributed by atoms with van der Waals surface area (Å²) in [6.45, 7) is 1.26. The van der Waals surface area contributed by atoms with Gasteiger partial charge in [-0.2, -0.15) is 13.2 Å². The first kappa shape index (κ1) is 20.0. The molecule has 1 aromatic carbocycles. The zero-order valence-corrected chi connectivity index (χ0v) is 14.8. The summed E-state index contributed by atoms with van der Waals surface area (Å²) in [4.78, 5) is 12.3. The first-order valence-corrected chi connectivity index (χ1v) is 8.61. The molecule has 1 fully saturated rings. The summed E-state index contributed by atoms with van der Waals surface area (Å²) in [5, 5.41) is 6.24. The van der Waals surface area contributed by atoms with E-state index < -0.39 is 18.0 Å². The zero-order chi connectivity index (χ0) is 17.2. The summed E-state index contributed by atoms with van der Waals surface area (Å²) in [6, 6.07) is 8.12. The van der Waals surface area contributed by atoms with E-state index in [1.807, 2.05) is 18.2 Å². The molecule has 1 aromatic rings. The Bertz CT molecular complexity index is 594. The van der Waals surface area contributed by atoms with E-state index in [0.717, 1.165) is 13.0 Å². The van der Waals surface area contributed by atoms with Gasteiger partial charge >= 0.3 is 6.18 Å². The van der Waals surface area contributed by atoms with Crippen molar-refractivity contribution in [3.63, 3.8) is 0 Å². The fraction of sp³-hybridized carbons (Fsp3) is 0.611. The van der Waals surface area contributed by atoms with Gasteiger partial charge in [0.25, 0.3) is 0 Å². The van der Waals surface area contributed by atoms with Crippen LogP contribution in [0.25, 0.3) is 0 Å². The van der Waals surface area contributed by atoms with Gasteiger partial charge in [-0.25, -0.2) is 0 Å². The van der Waals surface area contributed by atoms with E-state index in [-0.39, 0.29) is 37.2 Å². The average Bonchev–Trinajstić information content (AvgIpc) is 2.59. The highest BCUT2D eigenvalue weighted by Gasteiger charge is 2.43. The number of carbonyl (C=O) groups is 1. The summed E-state index contributed by atoms with van der Waals surface area (Å²) < 4.78 is 38.6. The Balaban J connectivity index is 0.00000225. The summed E-state index contributed by atoms with van der Waals surface area (Å²) in [7, 11) is 0. The fourth-order valence-corrected chi connectivity index (χ4v) is 3.85. The molecule has 0 radical (unpaired) electrons. The van der Waals surface area contributed by atoms with E-state index in [0.29, 0.717) is 19.4 Å². The monoisotopic (exact) mass is 376 g/mol. The minimum atomic E-state index is -4.19. The third kappa shape index (κ3) is 4.88. The third-order valence-corrected chi connectivity index (χ3v) is 5.20. The van der Waals surface area contributed by atoms with Gasteiger partial charge in [0.05, 0.1) is 5.92 Å². The van der Waals surface area contributed by atoms with Crippen molar-refractivity contribution in [1.82, 2.24) is 10.6 Å². The van der Waals surface area contributed by atoms with E-state index in [1.165, 1.54) is 11.1 Å². The lowest BCUT2D eigenvalue weighted by atomic mass is 9.80. The SMILES string of the molecule is Cl.O=C(NCC1NCCc2ccccc21)C1CCCC(C(F)(F)F)C1. The fourth-order valence-electron chi connectivity index (χ4n) is 3.85. The first-order valence-electron chi connectivity index (χ1n) is 8.61. The van der Waals surface area contributed by atoms with Crippen LogP contribution in [0.3, 0.4) is 0 Å². The van der Waals surface area contributed by atoms with Crippen LogP contribution in [0.5, 0.6) is 0 Å². The van der Waals surface area contributed by atoms with Crippen LogP contribution in [0.1, 0.15) is 42.9 Å². The van der Waals surface area contributed by atoms with Crippen molar-refractivity contribution >= 4 is 18.3 Å². The molecule has 2 N–H and O–H groups in total. The van der Waals surface area contributed by atoms with Crippen LogP contribution in [0.4, 0.5) is 13.2 Å². The van der Waals surface area contributed by atoms with Gasteiger partial charge in [-0.15, -0.1) is 12.4 Å². The van der Waals surface area contributed by atoms with Crippen LogP contribution >= 0.6 is 12.4 Å². The number of carbonyl (C=O) groups excluding carboxylic acids is 1. The number of benzene rings is 1. The lowest BCUT2D eigenvalue weighted by Crippen LogP contribution is -2.42. The topological polar surface area (TPSA) is 41.1 Å². The van der Waals surface area contributed by atoms with E-state index in [1.54, 1.807) is 0 Å². The molecule has 3 atom stereocenters. The van der Waals surface area contributed by atoms with Gasteiger partial charge in [0, 0.05) is 18.5 Å². The summed E-state index contributed by atoms with van der Waals surface area (Å²) in [6.07, 6.45) is -2.16. The molecular weight excluding hydrogens is 353 g/mol. The number of fused-ring (bicyclic) bond motifs is 1. The van der Waals surface area contributed by atoms with Crippen LogP contribution < -0.4 is 10.6 Å². The van der Waals surface area contributed by atoms with Crippen LogP contribution in [-0.2, 0) is 11.2 Å². The average molecular weight is 377 g/mol. The molecule has 0 aromatic heterocycles. The summed E-state index contributed by atoms with van der Waals surface area (Å²) in [5.74, 6) is -2.10. The molecule has 1 aliphatic carbocycles. The smallest absolute Gasteiger partial charge is 0.354 e. The van der Waals surface area contributed by atoms with Crippen LogP contribution in [0, 0.1) is 11.8 Å². The largest absolute Gasteiger partial charge is 0.391 e. The molecule has 1 aliphatic heterocycles. The predicted molar refractivity (Wildman–Crippen MR) is 92.7 cm³/mol. The first-order chi connectivity index (χ1) is 11.4. The van der Waals surface area contributed by atoms with E-state index in [2.05, 4.69) is 16.7 Å². The molecule has 0 spiro atoms. The van der Waals surface area contributed by atoms with Crippen molar-refractivity contribution in [3.8, 4) is 0 Å². The second-order valence-electron chi connectivity index (χ2n) is 6.80. The normalized spacial score (nSPS) is 26.3. The van der Waals surface area contributed by atoms with Gasteiger partial charge in [0.1, 0.15) is 0 Å². The molecule has 0 saturated heterocycles. The Morgan fingerprint density at radius 1 is 1.24 bits per heavy atom. The van der Waals surface area contributed by atoms with Gasteiger partial charge in [-0.3, -0.25) is 4.79 Å². The predicted octanol–water partition coefficient (Wildman–Crippen LogP) is 3.78. The molecule has 140 valence electrons. The number of alkyl halides is 3. The number of hydrogen-bond donors (Lipinski definition) is 2. The Hall–Kier alpha value is -1.27. The van der Waals surface area contributed by atoms with Crippen molar-refractivity contribution in [1.29, 1.82) is 0 Å². The number of hydrogen-bond acceptors (Lipinski definition) is 2. The lowest BCUT2D eigenvalue weighted by Gasteiger charge is -2.31. The molecule has 3 unspecified atom stereocenters. The van der Waals surface area contributed by atoms with Crippen molar-refractivity contribution in [3.05, 3.63) is 35.4 Å². The van der Waals surface area contributed by atoms with Crippen molar-refractivity contribution in [2.45, 2.75) is 44.3 Å². The van der Waals surface area contributed by atoms with E-state index in [4.69, 9.17) is 0 Å². The summed E-state index contributed by atoms with van der Waals surface area (Å²) >= 11 is 0. The number of amides is 1. The van der Waals surface area contributed by atoms with Crippen LogP contribution in [0.2, 0.25) is 0 Å². The van der Waals surface area contributed by atoms with Gasteiger partial charge in [-0.1, -0.05) is 30.7 Å². The number of rotatable bonds is 3.